The number of fused-ring (bicyclic) bond motifs is 1. The van der Waals surface area contributed by atoms with Crippen LogP contribution in [-0.2, 0) is 6.54 Å². The van der Waals surface area contributed by atoms with Crippen LogP contribution in [0.4, 0.5) is 10.5 Å². The predicted octanol–water partition coefficient (Wildman–Crippen LogP) is 1.84. The molecule has 0 aliphatic carbocycles. The number of benzene rings is 1. The number of ether oxygens (including phenoxy) is 2. The SMILES string of the molecule is Cc1cc(CNC(=O)Nc2ccc3c(c2)OCO3)ncn1. The summed E-state index contributed by atoms with van der Waals surface area (Å²) in [6, 6.07) is 6.73. The fourth-order valence-corrected chi connectivity index (χ4v) is 1.93. The summed E-state index contributed by atoms with van der Waals surface area (Å²) in [6.45, 7) is 2.41. The zero-order valence-electron chi connectivity index (χ0n) is 11.4. The summed E-state index contributed by atoms with van der Waals surface area (Å²) in [5, 5.41) is 5.46. The topological polar surface area (TPSA) is 85.4 Å². The van der Waals surface area contributed by atoms with Crippen molar-refractivity contribution in [2.75, 3.05) is 12.1 Å². The number of amides is 2. The average molecular weight is 286 g/mol. The van der Waals surface area contributed by atoms with Gasteiger partial charge in [0.25, 0.3) is 0 Å². The number of hydrogen-bond donors (Lipinski definition) is 2. The molecule has 1 aromatic carbocycles. The molecule has 0 bridgehead atoms. The molecule has 3 rings (SSSR count). The van der Waals surface area contributed by atoms with E-state index in [4.69, 9.17) is 9.47 Å². The van der Waals surface area contributed by atoms with Gasteiger partial charge in [-0.15, -0.1) is 0 Å². The predicted molar refractivity (Wildman–Crippen MR) is 75.2 cm³/mol. The minimum Gasteiger partial charge on any atom is -0.454 e. The van der Waals surface area contributed by atoms with Crippen LogP contribution in [-0.4, -0.2) is 22.8 Å². The van der Waals surface area contributed by atoms with E-state index >= 15 is 0 Å². The summed E-state index contributed by atoms with van der Waals surface area (Å²) < 4.78 is 10.5. The summed E-state index contributed by atoms with van der Waals surface area (Å²) in [7, 11) is 0. The molecule has 2 aromatic rings. The summed E-state index contributed by atoms with van der Waals surface area (Å²) >= 11 is 0. The van der Waals surface area contributed by atoms with Gasteiger partial charge >= 0.3 is 6.03 Å². The van der Waals surface area contributed by atoms with Gasteiger partial charge in [0.1, 0.15) is 6.33 Å². The van der Waals surface area contributed by atoms with E-state index < -0.39 is 0 Å². The van der Waals surface area contributed by atoms with E-state index in [1.807, 2.05) is 13.0 Å². The lowest BCUT2D eigenvalue weighted by Crippen LogP contribution is -2.28. The quantitative estimate of drug-likeness (QED) is 0.899. The van der Waals surface area contributed by atoms with E-state index in [-0.39, 0.29) is 12.8 Å². The number of hydrogen-bond acceptors (Lipinski definition) is 5. The van der Waals surface area contributed by atoms with Crippen LogP contribution >= 0.6 is 0 Å². The molecule has 2 N–H and O–H groups in total. The Bertz CT molecular complexity index is 675. The monoisotopic (exact) mass is 286 g/mol. The third-order valence-electron chi connectivity index (χ3n) is 2.92. The highest BCUT2D eigenvalue weighted by Gasteiger charge is 2.14. The van der Waals surface area contributed by atoms with Crippen LogP contribution < -0.4 is 20.1 Å². The maximum Gasteiger partial charge on any atom is 0.319 e. The molecule has 0 unspecified atom stereocenters. The molecule has 1 aliphatic heterocycles. The van der Waals surface area contributed by atoms with Crippen LogP contribution in [0.1, 0.15) is 11.4 Å². The Labute approximate surface area is 121 Å². The molecule has 1 aromatic heterocycles. The van der Waals surface area contributed by atoms with E-state index in [2.05, 4.69) is 20.6 Å². The van der Waals surface area contributed by atoms with Gasteiger partial charge in [-0.25, -0.2) is 14.8 Å². The smallest absolute Gasteiger partial charge is 0.319 e. The third kappa shape index (κ3) is 3.19. The standard InChI is InChI=1S/C14H14N4O3/c1-9-4-11(17-7-16-9)6-15-14(19)18-10-2-3-12-13(5-10)21-8-20-12/h2-5,7H,6,8H2,1H3,(H2,15,18,19). The van der Waals surface area contributed by atoms with Crippen molar-refractivity contribution >= 4 is 11.7 Å². The van der Waals surface area contributed by atoms with Gasteiger partial charge < -0.3 is 20.1 Å². The van der Waals surface area contributed by atoms with Gasteiger partial charge in [-0.2, -0.15) is 0 Å². The minimum absolute atomic E-state index is 0.206. The van der Waals surface area contributed by atoms with Crippen molar-refractivity contribution in [1.82, 2.24) is 15.3 Å². The van der Waals surface area contributed by atoms with Crippen molar-refractivity contribution in [2.45, 2.75) is 13.5 Å². The van der Waals surface area contributed by atoms with Gasteiger partial charge in [0, 0.05) is 17.4 Å². The highest BCUT2D eigenvalue weighted by molar-refractivity contribution is 5.89. The Morgan fingerprint density at radius 1 is 1.24 bits per heavy atom. The molecule has 0 fully saturated rings. The first-order valence-electron chi connectivity index (χ1n) is 6.43. The minimum atomic E-state index is -0.315. The van der Waals surface area contributed by atoms with Crippen LogP contribution in [0.15, 0.2) is 30.6 Å². The maximum atomic E-state index is 11.8. The molecule has 7 heteroatoms. The Kier molecular flexibility index (Phi) is 3.55. The number of nitrogens with zero attached hydrogens (tertiary/aromatic N) is 2. The van der Waals surface area contributed by atoms with Crippen LogP contribution in [0, 0.1) is 6.92 Å². The van der Waals surface area contributed by atoms with Gasteiger partial charge in [0.2, 0.25) is 6.79 Å². The fourth-order valence-electron chi connectivity index (χ4n) is 1.93. The van der Waals surface area contributed by atoms with E-state index in [9.17, 15) is 4.79 Å². The molecule has 0 saturated carbocycles. The second kappa shape index (κ2) is 5.66. The summed E-state index contributed by atoms with van der Waals surface area (Å²) in [5.41, 5.74) is 2.25. The first-order chi connectivity index (χ1) is 10.2. The molecule has 108 valence electrons. The number of anilines is 1. The number of urea groups is 1. The molecule has 7 nitrogen and oxygen atoms in total. The number of aromatic nitrogens is 2. The molecule has 0 atom stereocenters. The van der Waals surface area contributed by atoms with Crippen LogP contribution in [0.3, 0.4) is 0 Å². The molecule has 21 heavy (non-hydrogen) atoms. The number of carbonyl (C=O) groups is 1. The number of nitrogens with one attached hydrogen (secondary N) is 2. The first-order valence-corrected chi connectivity index (χ1v) is 6.43. The van der Waals surface area contributed by atoms with Gasteiger partial charge in [0.05, 0.1) is 12.2 Å². The van der Waals surface area contributed by atoms with Crippen LogP contribution in [0.5, 0.6) is 11.5 Å². The van der Waals surface area contributed by atoms with Gasteiger partial charge in [-0.3, -0.25) is 0 Å². The van der Waals surface area contributed by atoms with Gasteiger partial charge in [-0.05, 0) is 25.1 Å². The van der Waals surface area contributed by atoms with E-state index in [0.29, 0.717) is 23.7 Å². The first kappa shape index (κ1) is 13.2. The number of rotatable bonds is 3. The van der Waals surface area contributed by atoms with E-state index in [0.717, 1.165) is 11.4 Å². The van der Waals surface area contributed by atoms with Crippen LogP contribution in [0.2, 0.25) is 0 Å². The molecule has 0 saturated heterocycles. The van der Waals surface area contributed by atoms with E-state index in [1.54, 1.807) is 18.2 Å². The molecule has 2 amide bonds. The molecular formula is C14H14N4O3. The lowest BCUT2D eigenvalue weighted by molar-refractivity contribution is 0.174. The van der Waals surface area contributed by atoms with Gasteiger partial charge in [-0.1, -0.05) is 0 Å². The Morgan fingerprint density at radius 3 is 2.95 bits per heavy atom. The lowest BCUT2D eigenvalue weighted by atomic mass is 10.3. The zero-order valence-corrected chi connectivity index (χ0v) is 11.4. The second-order valence-electron chi connectivity index (χ2n) is 4.53. The number of carbonyl (C=O) groups excluding carboxylic acids is 1. The highest BCUT2D eigenvalue weighted by atomic mass is 16.7. The largest absolute Gasteiger partial charge is 0.454 e. The zero-order chi connectivity index (χ0) is 14.7. The average Bonchev–Trinajstić information content (AvgIpc) is 2.93. The fraction of sp³-hybridized carbons (Fsp3) is 0.214. The van der Waals surface area contributed by atoms with Gasteiger partial charge in [0.15, 0.2) is 11.5 Å². The molecule has 2 heterocycles. The highest BCUT2D eigenvalue weighted by Crippen LogP contribution is 2.34. The lowest BCUT2D eigenvalue weighted by Gasteiger charge is -2.08. The Morgan fingerprint density at radius 2 is 2.10 bits per heavy atom. The summed E-state index contributed by atoms with van der Waals surface area (Å²) in [5.74, 6) is 1.30. The second-order valence-corrected chi connectivity index (χ2v) is 4.53. The van der Waals surface area contributed by atoms with Crippen molar-refractivity contribution in [3.8, 4) is 11.5 Å². The number of aryl methyl sites for hydroxylation is 1. The van der Waals surface area contributed by atoms with E-state index in [1.165, 1.54) is 6.33 Å². The Balaban J connectivity index is 1.57. The molecule has 0 radical (unpaired) electrons. The molecular weight excluding hydrogens is 272 g/mol. The van der Waals surface area contributed by atoms with Crippen molar-refractivity contribution in [2.24, 2.45) is 0 Å². The third-order valence-corrected chi connectivity index (χ3v) is 2.92. The van der Waals surface area contributed by atoms with Crippen molar-refractivity contribution in [3.63, 3.8) is 0 Å². The summed E-state index contributed by atoms with van der Waals surface area (Å²) in [6.07, 6.45) is 1.47. The summed E-state index contributed by atoms with van der Waals surface area (Å²) in [4.78, 5) is 19.9. The molecule has 1 aliphatic rings. The maximum absolute atomic E-state index is 11.8. The normalized spacial score (nSPS) is 12.0. The van der Waals surface area contributed by atoms with Crippen molar-refractivity contribution < 1.29 is 14.3 Å². The molecule has 0 spiro atoms. The van der Waals surface area contributed by atoms with Crippen molar-refractivity contribution in [1.29, 1.82) is 0 Å². The Hall–Kier alpha value is -2.83. The van der Waals surface area contributed by atoms with Crippen LogP contribution in [0.25, 0.3) is 0 Å². The van der Waals surface area contributed by atoms with Crippen molar-refractivity contribution in [3.05, 3.63) is 42.0 Å².